The van der Waals surface area contributed by atoms with Crippen LogP contribution in [0.15, 0.2) is 42.6 Å². The van der Waals surface area contributed by atoms with Crippen LogP contribution in [0.1, 0.15) is 5.56 Å². The zero-order chi connectivity index (χ0) is 20.2. The molecule has 0 spiro atoms. The molecule has 0 radical (unpaired) electrons. The highest BCUT2D eigenvalue weighted by molar-refractivity contribution is 6.03. The first kappa shape index (κ1) is 19.8. The Kier molecular flexibility index (Phi) is 5.73. The third-order valence-corrected chi connectivity index (χ3v) is 3.39. The zero-order valence-corrected chi connectivity index (χ0v) is 13.8. The summed E-state index contributed by atoms with van der Waals surface area (Å²) < 4.78 is 43.5. The van der Waals surface area contributed by atoms with Gasteiger partial charge in [0.15, 0.2) is 0 Å². The minimum Gasteiger partial charge on any atom is -0.469 e. The average Bonchev–Trinajstić information content (AvgIpc) is 2.62. The van der Waals surface area contributed by atoms with E-state index in [-0.39, 0.29) is 17.0 Å². The van der Waals surface area contributed by atoms with E-state index in [1.54, 1.807) is 0 Å². The molecule has 0 aliphatic carbocycles. The van der Waals surface area contributed by atoms with Gasteiger partial charge in [0.2, 0.25) is 0 Å². The number of nitro groups is 1. The van der Waals surface area contributed by atoms with Crippen molar-refractivity contribution in [2.24, 2.45) is 0 Å². The number of amides is 1. The molecule has 0 atom stereocenters. The molecule has 1 amide bonds. The smallest absolute Gasteiger partial charge is 0.469 e. The first-order valence-corrected chi connectivity index (χ1v) is 7.31. The van der Waals surface area contributed by atoms with Crippen molar-refractivity contribution in [2.75, 3.05) is 12.0 Å². The van der Waals surface area contributed by atoms with Gasteiger partial charge in [-0.1, -0.05) is 12.1 Å². The molecule has 0 saturated heterocycles. The first-order valence-electron chi connectivity index (χ1n) is 7.31. The lowest BCUT2D eigenvalue weighted by Crippen LogP contribution is -2.38. The van der Waals surface area contributed by atoms with Crippen LogP contribution in [0.3, 0.4) is 0 Å². The van der Waals surface area contributed by atoms with Crippen LogP contribution in [0.2, 0.25) is 0 Å². The molecule has 1 aromatic heterocycles. The predicted molar refractivity (Wildman–Crippen MR) is 86.3 cm³/mol. The Morgan fingerprint density at radius 3 is 2.26 bits per heavy atom. The van der Waals surface area contributed by atoms with Gasteiger partial charge in [-0.3, -0.25) is 24.6 Å². The maximum absolute atomic E-state index is 13.0. The Morgan fingerprint density at radius 2 is 1.81 bits per heavy atom. The van der Waals surface area contributed by atoms with E-state index < -0.39 is 34.5 Å². The zero-order valence-electron chi connectivity index (χ0n) is 13.8. The number of pyridine rings is 1. The second kappa shape index (κ2) is 7.81. The molecule has 0 aliphatic heterocycles. The molecule has 8 nitrogen and oxygen atoms in total. The van der Waals surface area contributed by atoms with E-state index in [1.807, 2.05) is 0 Å². The molecular formula is C16H12F3N3O5. The first-order chi connectivity index (χ1) is 12.6. The number of hydrogen-bond acceptors (Lipinski definition) is 6. The van der Waals surface area contributed by atoms with E-state index in [0.717, 1.165) is 18.3 Å². The molecule has 0 bridgehead atoms. The second-order valence-electron chi connectivity index (χ2n) is 5.19. The summed E-state index contributed by atoms with van der Waals surface area (Å²) in [5.41, 5.74) is -0.152. The summed E-state index contributed by atoms with van der Waals surface area (Å²) in [5, 5.41) is 10.7. The minimum absolute atomic E-state index is 0.0974. The van der Waals surface area contributed by atoms with Crippen molar-refractivity contribution in [1.29, 1.82) is 0 Å². The van der Waals surface area contributed by atoms with E-state index in [9.17, 15) is 32.9 Å². The number of esters is 1. The van der Waals surface area contributed by atoms with Crippen molar-refractivity contribution in [3.05, 3.63) is 58.3 Å². The maximum atomic E-state index is 13.0. The normalized spacial score (nSPS) is 11.0. The summed E-state index contributed by atoms with van der Waals surface area (Å²) in [6.07, 6.45) is -4.55. The largest absolute Gasteiger partial charge is 0.472 e. The van der Waals surface area contributed by atoms with Gasteiger partial charge in [0.05, 0.1) is 24.1 Å². The fourth-order valence-electron chi connectivity index (χ4n) is 2.10. The van der Waals surface area contributed by atoms with E-state index >= 15 is 0 Å². The molecule has 0 fully saturated rings. The number of hydrogen-bond donors (Lipinski definition) is 0. The summed E-state index contributed by atoms with van der Waals surface area (Å²) in [5.74, 6) is -3.20. The van der Waals surface area contributed by atoms with Gasteiger partial charge in [-0.2, -0.15) is 13.2 Å². The number of anilines is 2. The van der Waals surface area contributed by atoms with Crippen LogP contribution < -0.4 is 4.90 Å². The summed E-state index contributed by atoms with van der Waals surface area (Å²) in [7, 11) is 1.20. The number of alkyl halides is 3. The van der Waals surface area contributed by atoms with Gasteiger partial charge in [0.1, 0.15) is 12.0 Å². The van der Waals surface area contributed by atoms with Gasteiger partial charge in [0.25, 0.3) is 5.69 Å². The van der Waals surface area contributed by atoms with Crippen LogP contribution in [0.4, 0.5) is 30.4 Å². The Labute approximate surface area is 150 Å². The highest BCUT2D eigenvalue weighted by Gasteiger charge is 2.44. The van der Waals surface area contributed by atoms with Crippen molar-refractivity contribution >= 4 is 29.1 Å². The quantitative estimate of drug-likeness (QED) is 0.447. The van der Waals surface area contributed by atoms with Crippen LogP contribution in [-0.2, 0) is 20.7 Å². The van der Waals surface area contributed by atoms with Crippen molar-refractivity contribution in [3.63, 3.8) is 0 Å². The number of rotatable bonds is 5. The fourth-order valence-corrected chi connectivity index (χ4v) is 2.10. The molecule has 2 rings (SSSR count). The van der Waals surface area contributed by atoms with Gasteiger partial charge >= 0.3 is 18.1 Å². The van der Waals surface area contributed by atoms with Crippen LogP contribution >= 0.6 is 0 Å². The number of nitrogens with zero attached hydrogens (tertiary/aromatic N) is 3. The maximum Gasteiger partial charge on any atom is 0.472 e. The van der Waals surface area contributed by atoms with Crippen molar-refractivity contribution < 1.29 is 32.4 Å². The molecule has 27 heavy (non-hydrogen) atoms. The molecular weight excluding hydrogens is 371 g/mol. The number of carbonyl (C=O) groups is 2. The Hall–Kier alpha value is -3.50. The average molecular weight is 383 g/mol. The van der Waals surface area contributed by atoms with Crippen LogP contribution in [0.25, 0.3) is 0 Å². The van der Waals surface area contributed by atoms with Crippen molar-refractivity contribution in [3.8, 4) is 0 Å². The van der Waals surface area contributed by atoms with E-state index in [4.69, 9.17) is 0 Å². The SMILES string of the molecule is COC(=O)Cc1ccc(N(C(=O)C(F)(F)F)c2ccc([N+](=O)[O-])cn2)cc1. The summed E-state index contributed by atoms with van der Waals surface area (Å²) in [6, 6.07) is 6.98. The third-order valence-electron chi connectivity index (χ3n) is 3.39. The Morgan fingerprint density at radius 1 is 1.19 bits per heavy atom. The lowest BCUT2D eigenvalue weighted by atomic mass is 10.1. The number of halogens is 3. The van der Waals surface area contributed by atoms with E-state index in [0.29, 0.717) is 5.56 Å². The second-order valence-corrected chi connectivity index (χ2v) is 5.19. The lowest BCUT2D eigenvalue weighted by Gasteiger charge is -2.23. The number of ether oxygens (including phenoxy) is 1. The summed E-state index contributed by atoms with van der Waals surface area (Å²) in [6.45, 7) is 0. The third kappa shape index (κ3) is 4.77. The van der Waals surface area contributed by atoms with Crippen LogP contribution in [-0.4, -0.2) is 35.1 Å². The monoisotopic (exact) mass is 383 g/mol. The highest BCUT2D eigenvalue weighted by Crippen LogP contribution is 2.31. The molecule has 2 aromatic rings. The Balaban J connectivity index is 2.42. The minimum atomic E-state index is -5.20. The number of benzene rings is 1. The van der Waals surface area contributed by atoms with Gasteiger partial charge < -0.3 is 4.74 Å². The van der Waals surface area contributed by atoms with Gasteiger partial charge in [-0.25, -0.2) is 4.98 Å². The molecule has 1 heterocycles. The standard InChI is InChI=1S/C16H12F3N3O5/c1-27-14(23)8-10-2-4-11(5-3-10)21(15(24)16(17,18)19)13-7-6-12(9-20-13)22(25)26/h2-7,9H,8H2,1H3. The van der Waals surface area contributed by atoms with Crippen LogP contribution in [0.5, 0.6) is 0 Å². The summed E-state index contributed by atoms with van der Waals surface area (Å²) >= 11 is 0. The highest BCUT2D eigenvalue weighted by atomic mass is 19.4. The molecule has 0 N–H and O–H groups in total. The molecule has 0 saturated carbocycles. The van der Waals surface area contributed by atoms with Crippen molar-refractivity contribution in [1.82, 2.24) is 4.98 Å². The molecule has 0 unspecified atom stereocenters. The van der Waals surface area contributed by atoms with Gasteiger partial charge in [-0.15, -0.1) is 0 Å². The summed E-state index contributed by atoms with van der Waals surface area (Å²) in [4.78, 5) is 36.9. The van der Waals surface area contributed by atoms with Crippen LogP contribution in [0, 0.1) is 10.1 Å². The molecule has 1 aromatic carbocycles. The lowest BCUT2D eigenvalue weighted by molar-refractivity contribution is -0.385. The fraction of sp³-hybridized carbons (Fsp3) is 0.188. The van der Waals surface area contributed by atoms with Gasteiger partial charge in [0, 0.05) is 6.07 Å². The molecule has 142 valence electrons. The van der Waals surface area contributed by atoms with E-state index in [1.165, 1.54) is 31.4 Å². The Bertz CT molecular complexity index is 851. The topological polar surface area (TPSA) is 103 Å². The van der Waals surface area contributed by atoms with Crippen molar-refractivity contribution in [2.45, 2.75) is 12.6 Å². The number of aromatic nitrogens is 1. The molecule has 0 aliphatic rings. The molecule has 11 heteroatoms. The van der Waals surface area contributed by atoms with Gasteiger partial charge in [-0.05, 0) is 23.8 Å². The number of methoxy groups -OCH3 is 1. The predicted octanol–water partition coefficient (Wildman–Crippen LogP) is 2.93. The van der Waals surface area contributed by atoms with E-state index in [2.05, 4.69) is 9.72 Å². The number of carbonyl (C=O) groups excluding carboxylic acids is 2.